The number of amides is 1. The minimum absolute atomic E-state index is 0. The fourth-order valence-electron chi connectivity index (χ4n) is 1.89. The smallest absolute Gasteiger partial charge is 0.237 e. The zero-order valence-corrected chi connectivity index (χ0v) is 9.20. The fraction of sp³-hybridized carbons (Fsp3) is 0.0909. The molecule has 0 aliphatic carbocycles. The van der Waals surface area contributed by atoms with Crippen molar-refractivity contribution in [3.05, 3.63) is 42.1 Å². The van der Waals surface area contributed by atoms with Crippen LogP contribution in [0, 0.1) is 0 Å². The fourth-order valence-corrected chi connectivity index (χ4v) is 1.89. The molecule has 0 radical (unpaired) electrons. The molecule has 0 fully saturated rings. The van der Waals surface area contributed by atoms with Gasteiger partial charge in [0.2, 0.25) is 5.91 Å². The van der Waals surface area contributed by atoms with E-state index in [4.69, 9.17) is 0 Å². The zero-order valence-electron chi connectivity index (χ0n) is 8.38. The summed E-state index contributed by atoms with van der Waals surface area (Å²) in [5.41, 5.74) is 2.02. The lowest BCUT2D eigenvalue weighted by Crippen LogP contribution is -2.21. The van der Waals surface area contributed by atoms with E-state index in [1.807, 2.05) is 24.3 Å². The zero-order chi connectivity index (χ0) is 10.3. The van der Waals surface area contributed by atoms with Crippen LogP contribution in [-0.2, 0) is 11.2 Å². The van der Waals surface area contributed by atoms with Crippen LogP contribution >= 0.6 is 12.4 Å². The number of anilines is 2. The number of carbonyl (C=O) groups excluding carboxylic acids is 1. The lowest BCUT2D eigenvalue weighted by molar-refractivity contribution is -0.116. The molecule has 2 heterocycles. The van der Waals surface area contributed by atoms with Gasteiger partial charge in [-0.2, -0.15) is 5.10 Å². The van der Waals surface area contributed by atoms with Crippen LogP contribution in [0.1, 0.15) is 5.56 Å². The van der Waals surface area contributed by atoms with Gasteiger partial charge in [-0.05, 0) is 11.6 Å². The number of hydrogen-bond donors (Lipinski definition) is 1. The number of aromatic nitrogens is 2. The first-order valence-corrected chi connectivity index (χ1v) is 4.76. The molecule has 0 atom stereocenters. The Bertz CT molecular complexity index is 510. The lowest BCUT2D eigenvalue weighted by Gasteiger charge is -2.14. The van der Waals surface area contributed by atoms with Crippen molar-refractivity contribution in [1.29, 1.82) is 0 Å². The van der Waals surface area contributed by atoms with Gasteiger partial charge in [-0.15, -0.1) is 12.4 Å². The Labute approximate surface area is 98.7 Å². The van der Waals surface area contributed by atoms with Gasteiger partial charge < -0.3 is 0 Å². The van der Waals surface area contributed by atoms with Crippen LogP contribution in [0.4, 0.5) is 11.5 Å². The molecule has 0 unspecified atom stereocenters. The van der Waals surface area contributed by atoms with Gasteiger partial charge in [-0.1, -0.05) is 18.2 Å². The number of aromatic amines is 1. The van der Waals surface area contributed by atoms with Gasteiger partial charge in [0.25, 0.3) is 0 Å². The van der Waals surface area contributed by atoms with Crippen molar-refractivity contribution in [1.82, 2.24) is 10.2 Å². The largest absolute Gasteiger partial charge is 0.274 e. The van der Waals surface area contributed by atoms with Crippen molar-refractivity contribution < 1.29 is 4.79 Å². The number of para-hydroxylation sites is 1. The molecular weight excluding hydrogens is 226 g/mol. The van der Waals surface area contributed by atoms with E-state index in [0.29, 0.717) is 6.42 Å². The third-order valence-electron chi connectivity index (χ3n) is 2.55. The molecule has 0 saturated carbocycles. The van der Waals surface area contributed by atoms with Gasteiger partial charge in [0.1, 0.15) is 5.82 Å². The molecule has 0 saturated heterocycles. The average molecular weight is 236 g/mol. The van der Waals surface area contributed by atoms with E-state index in [2.05, 4.69) is 10.2 Å². The molecule has 1 aliphatic heterocycles. The van der Waals surface area contributed by atoms with E-state index < -0.39 is 0 Å². The second-order valence-corrected chi connectivity index (χ2v) is 3.48. The van der Waals surface area contributed by atoms with Crippen LogP contribution in [0.15, 0.2) is 36.5 Å². The maximum atomic E-state index is 11.8. The average Bonchev–Trinajstić information content (AvgIpc) is 2.82. The quantitative estimate of drug-likeness (QED) is 0.823. The van der Waals surface area contributed by atoms with E-state index >= 15 is 0 Å². The van der Waals surface area contributed by atoms with Crippen molar-refractivity contribution in [2.24, 2.45) is 0 Å². The van der Waals surface area contributed by atoms with Crippen molar-refractivity contribution >= 4 is 29.8 Å². The van der Waals surface area contributed by atoms with E-state index in [0.717, 1.165) is 17.1 Å². The molecule has 1 N–H and O–H groups in total. The molecule has 4 nitrogen and oxygen atoms in total. The first-order valence-electron chi connectivity index (χ1n) is 4.76. The highest BCUT2D eigenvalue weighted by Crippen LogP contribution is 2.33. The number of benzene rings is 1. The normalized spacial score (nSPS) is 13.5. The van der Waals surface area contributed by atoms with Gasteiger partial charge in [0.05, 0.1) is 18.3 Å². The third-order valence-corrected chi connectivity index (χ3v) is 2.55. The molecule has 5 heteroatoms. The number of nitrogens with zero attached hydrogens (tertiary/aromatic N) is 2. The number of rotatable bonds is 1. The number of halogens is 1. The molecule has 0 bridgehead atoms. The topological polar surface area (TPSA) is 49.0 Å². The van der Waals surface area contributed by atoms with Gasteiger partial charge in [-0.3, -0.25) is 14.8 Å². The maximum absolute atomic E-state index is 11.8. The molecule has 1 aromatic carbocycles. The Hall–Kier alpha value is -1.81. The lowest BCUT2D eigenvalue weighted by atomic mass is 10.2. The van der Waals surface area contributed by atoms with Gasteiger partial charge in [0, 0.05) is 6.07 Å². The number of carbonyl (C=O) groups is 1. The molecule has 2 aromatic rings. The molecule has 0 spiro atoms. The highest BCUT2D eigenvalue weighted by Gasteiger charge is 2.28. The molecule has 1 amide bonds. The second kappa shape index (κ2) is 3.98. The van der Waals surface area contributed by atoms with Crippen LogP contribution in [0.5, 0.6) is 0 Å². The number of fused-ring (bicyclic) bond motifs is 1. The molecule has 82 valence electrons. The molecule has 3 rings (SSSR count). The van der Waals surface area contributed by atoms with Crippen LogP contribution in [0.3, 0.4) is 0 Å². The van der Waals surface area contributed by atoms with Crippen LogP contribution in [-0.4, -0.2) is 16.1 Å². The van der Waals surface area contributed by atoms with Crippen molar-refractivity contribution in [2.75, 3.05) is 4.90 Å². The first-order chi connectivity index (χ1) is 7.36. The highest BCUT2D eigenvalue weighted by molar-refractivity contribution is 6.06. The summed E-state index contributed by atoms with van der Waals surface area (Å²) in [7, 11) is 0. The number of H-pyrrole nitrogens is 1. The van der Waals surface area contributed by atoms with Crippen LogP contribution < -0.4 is 4.90 Å². The second-order valence-electron chi connectivity index (χ2n) is 3.48. The predicted octanol–water partition coefficient (Wildman–Crippen LogP) is 2.05. The Morgan fingerprint density at radius 3 is 2.81 bits per heavy atom. The summed E-state index contributed by atoms with van der Waals surface area (Å²) in [6.07, 6.45) is 2.11. The summed E-state index contributed by atoms with van der Waals surface area (Å²) in [4.78, 5) is 13.5. The van der Waals surface area contributed by atoms with Crippen LogP contribution in [0.25, 0.3) is 0 Å². The summed E-state index contributed by atoms with van der Waals surface area (Å²) in [6, 6.07) is 9.59. The summed E-state index contributed by atoms with van der Waals surface area (Å²) < 4.78 is 0. The van der Waals surface area contributed by atoms with Gasteiger partial charge >= 0.3 is 0 Å². The number of nitrogens with one attached hydrogen (secondary N) is 1. The summed E-state index contributed by atoms with van der Waals surface area (Å²) in [5, 5.41) is 6.66. The standard InChI is InChI=1S/C11H9N3O.ClH/c15-11-7-8-3-1-2-4-9(8)14(11)10-5-6-12-13-10;/h1-6H,7H2,(H,12,13);1H. The molecule has 1 aliphatic rings. The third kappa shape index (κ3) is 1.47. The minimum atomic E-state index is 0. The molecule has 16 heavy (non-hydrogen) atoms. The Morgan fingerprint density at radius 2 is 2.06 bits per heavy atom. The van der Waals surface area contributed by atoms with E-state index in [1.165, 1.54) is 0 Å². The summed E-state index contributed by atoms with van der Waals surface area (Å²) in [5.74, 6) is 0.811. The van der Waals surface area contributed by atoms with Crippen molar-refractivity contribution in [3.63, 3.8) is 0 Å². The van der Waals surface area contributed by atoms with E-state index in [9.17, 15) is 4.79 Å². The summed E-state index contributed by atoms with van der Waals surface area (Å²) in [6.45, 7) is 0. The van der Waals surface area contributed by atoms with E-state index in [1.54, 1.807) is 17.2 Å². The minimum Gasteiger partial charge on any atom is -0.274 e. The van der Waals surface area contributed by atoms with Crippen molar-refractivity contribution in [3.8, 4) is 0 Å². The molecular formula is C11H10ClN3O. The highest BCUT2D eigenvalue weighted by atomic mass is 35.5. The Morgan fingerprint density at radius 1 is 1.25 bits per heavy atom. The maximum Gasteiger partial charge on any atom is 0.237 e. The first kappa shape index (κ1) is 10.7. The summed E-state index contributed by atoms with van der Waals surface area (Å²) >= 11 is 0. The van der Waals surface area contributed by atoms with Crippen LogP contribution in [0.2, 0.25) is 0 Å². The van der Waals surface area contributed by atoms with Gasteiger partial charge in [-0.25, -0.2) is 0 Å². The van der Waals surface area contributed by atoms with Gasteiger partial charge in [0.15, 0.2) is 0 Å². The molecule has 1 aromatic heterocycles. The predicted molar refractivity (Wildman–Crippen MR) is 63.1 cm³/mol. The van der Waals surface area contributed by atoms with Crippen molar-refractivity contribution in [2.45, 2.75) is 6.42 Å². The van der Waals surface area contributed by atoms with E-state index in [-0.39, 0.29) is 18.3 Å². The Balaban J connectivity index is 0.000000963. The number of hydrogen-bond acceptors (Lipinski definition) is 2. The Kier molecular flexibility index (Phi) is 2.66. The monoisotopic (exact) mass is 235 g/mol. The SMILES string of the molecule is Cl.O=C1Cc2ccccc2N1c1ccn[nH]1.